The smallest absolute Gasteiger partial charge is 0.259 e. The molecule has 0 spiro atoms. The van der Waals surface area contributed by atoms with Crippen molar-refractivity contribution in [3.05, 3.63) is 69.1 Å². The van der Waals surface area contributed by atoms with Gasteiger partial charge in [0, 0.05) is 50.1 Å². The Morgan fingerprint density at radius 3 is 2.55 bits per heavy atom. The largest absolute Gasteiger partial charge is 0.488 e. The number of H-pyrrole nitrogens is 1. The average Bonchev–Trinajstić information content (AvgIpc) is 3.68. The second-order valence-electron chi connectivity index (χ2n) is 8.37. The van der Waals surface area contributed by atoms with Crippen LogP contribution in [0.4, 0.5) is 10.3 Å². The van der Waals surface area contributed by atoms with E-state index >= 15 is 0 Å². The van der Waals surface area contributed by atoms with Crippen LogP contribution in [0.1, 0.15) is 42.7 Å². The molecular weight excluding hydrogens is 445 g/mol. The summed E-state index contributed by atoms with van der Waals surface area (Å²) in [5, 5.41) is 9.18. The van der Waals surface area contributed by atoms with E-state index in [0.29, 0.717) is 37.8 Å². The quantitative estimate of drug-likeness (QED) is 0.599. The van der Waals surface area contributed by atoms with E-state index in [1.165, 1.54) is 36.7 Å². The molecule has 0 radical (unpaired) electrons. The molecule has 1 saturated heterocycles. The molecule has 0 atom stereocenters. The number of nitrogens with one attached hydrogen (secondary N) is 1. The average molecular weight is 466 g/mol. The van der Waals surface area contributed by atoms with Crippen LogP contribution in [0.5, 0.6) is 5.75 Å². The molecule has 1 aromatic carbocycles. The van der Waals surface area contributed by atoms with Crippen LogP contribution in [0.25, 0.3) is 11.1 Å². The summed E-state index contributed by atoms with van der Waals surface area (Å²) in [6.45, 7) is 1.38. The number of hydrogen-bond acceptors (Lipinski definition) is 6. The van der Waals surface area contributed by atoms with E-state index in [-0.39, 0.29) is 33.6 Å². The number of benzene rings is 1. The van der Waals surface area contributed by atoms with Crippen LogP contribution in [0.15, 0.2) is 41.6 Å². The number of piperidine rings is 1. The molecule has 5 rings (SSSR count). The predicted molar refractivity (Wildman–Crippen MR) is 122 cm³/mol. The van der Waals surface area contributed by atoms with Crippen LogP contribution < -0.4 is 15.2 Å². The normalized spacial score (nSPS) is 16.5. The Morgan fingerprint density at radius 1 is 1.18 bits per heavy atom. The molecule has 168 valence electrons. The van der Waals surface area contributed by atoms with E-state index in [0.717, 1.165) is 6.07 Å². The summed E-state index contributed by atoms with van der Waals surface area (Å²) in [6.07, 6.45) is 8.74. The Labute approximate surface area is 194 Å². The number of hydrogen-bond donors (Lipinski definition) is 1. The van der Waals surface area contributed by atoms with Crippen molar-refractivity contribution in [1.82, 2.24) is 15.0 Å². The fourth-order valence-corrected chi connectivity index (χ4v) is 4.29. The van der Waals surface area contributed by atoms with Gasteiger partial charge >= 0.3 is 0 Å². The maximum absolute atomic E-state index is 14.7. The van der Waals surface area contributed by atoms with Gasteiger partial charge in [0.2, 0.25) is 5.95 Å². The zero-order valence-electron chi connectivity index (χ0n) is 17.7. The van der Waals surface area contributed by atoms with Crippen LogP contribution in [-0.4, -0.2) is 34.1 Å². The van der Waals surface area contributed by atoms with Gasteiger partial charge in [-0.3, -0.25) is 4.79 Å². The predicted octanol–water partition coefficient (Wildman–Crippen LogP) is 4.42. The van der Waals surface area contributed by atoms with Gasteiger partial charge in [-0.05, 0) is 42.5 Å². The Hall–Kier alpha value is -3.44. The minimum atomic E-state index is -0.687. The van der Waals surface area contributed by atoms with Crippen molar-refractivity contribution in [3.8, 4) is 22.9 Å². The highest BCUT2D eigenvalue weighted by Gasteiger charge is 2.27. The third-order valence-corrected chi connectivity index (χ3v) is 6.37. The number of anilines is 1. The van der Waals surface area contributed by atoms with Crippen LogP contribution in [0.2, 0.25) is 5.02 Å². The lowest BCUT2D eigenvalue weighted by Gasteiger charge is -2.32. The molecule has 2 fully saturated rings. The van der Waals surface area contributed by atoms with Crippen molar-refractivity contribution in [2.75, 3.05) is 18.0 Å². The van der Waals surface area contributed by atoms with E-state index in [2.05, 4.69) is 19.9 Å². The van der Waals surface area contributed by atoms with Gasteiger partial charge in [-0.2, -0.15) is 5.26 Å². The minimum absolute atomic E-state index is 0.0194. The van der Waals surface area contributed by atoms with Crippen LogP contribution in [0.3, 0.4) is 0 Å². The van der Waals surface area contributed by atoms with E-state index in [1.807, 2.05) is 18.5 Å². The standard InChI is InChI=1S/C24H21ClFN5O2/c25-19-13-28-23(32)21(18-4-1-14(10-27)9-20(18)26)22(19)33-17-5-7-31(8-6-17)24-29-11-16(12-30-24)15-2-3-15/h1,4,9,11-13,15,17H,2-3,5-8H2,(H,28,32). The van der Waals surface area contributed by atoms with Gasteiger partial charge in [0.1, 0.15) is 11.9 Å². The van der Waals surface area contributed by atoms with Gasteiger partial charge < -0.3 is 14.6 Å². The topological polar surface area (TPSA) is 94.9 Å². The summed E-state index contributed by atoms with van der Waals surface area (Å²) >= 11 is 6.35. The summed E-state index contributed by atoms with van der Waals surface area (Å²) in [4.78, 5) is 26.3. The number of ether oxygens (including phenoxy) is 1. The molecular formula is C24H21ClFN5O2. The number of halogens is 2. The lowest BCUT2D eigenvalue weighted by Crippen LogP contribution is -2.39. The summed E-state index contributed by atoms with van der Waals surface area (Å²) < 4.78 is 20.8. The Kier molecular flexibility index (Phi) is 5.73. The van der Waals surface area contributed by atoms with Gasteiger partial charge in [-0.25, -0.2) is 14.4 Å². The first-order valence-corrected chi connectivity index (χ1v) is 11.3. The summed E-state index contributed by atoms with van der Waals surface area (Å²) in [7, 11) is 0. The van der Waals surface area contributed by atoms with Crippen molar-refractivity contribution >= 4 is 17.5 Å². The third-order valence-electron chi connectivity index (χ3n) is 6.08. The molecule has 9 heteroatoms. The van der Waals surface area contributed by atoms with Gasteiger partial charge in [0.05, 0.1) is 22.2 Å². The van der Waals surface area contributed by atoms with E-state index < -0.39 is 11.4 Å². The second-order valence-corrected chi connectivity index (χ2v) is 8.78. The molecule has 3 aromatic rings. The van der Waals surface area contributed by atoms with Crippen LogP contribution >= 0.6 is 11.6 Å². The number of pyridine rings is 1. The van der Waals surface area contributed by atoms with Crippen LogP contribution in [-0.2, 0) is 0 Å². The Balaban J connectivity index is 1.33. The second kappa shape index (κ2) is 8.83. The molecule has 1 N–H and O–H groups in total. The molecule has 0 amide bonds. The van der Waals surface area contributed by atoms with Gasteiger partial charge in [0.15, 0.2) is 5.75 Å². The van der Waals surface area contributed by atoms with E-state index in [1.54, 1.807) is 0 Å². The number of nitriles is 1. The minimum Gasteiger partial charge on any atom is -0.488 e. The lowest BCUT2D eigenvalue weighted by molar-refractivity contribution is 0.171. The number of rotatable bonds is 5. The third kappa shape index (κ3) is 4.41. The molecule has 1 aliphatic heterocycles. The fraction of sp³-hybridized carbons (Fsp3) is 0.333. The first-order valence-electron chi connectivity index (χ1n) is 10.9. The summed E-state index contributed by atoms with van der Waals surface area (Å²) in [6, 6.07) is 5.82. The van der Waals surface area contributed by atoms with Gasteiger partial charge in [0.25, 0.3) is 5.56 Å². The number of aromatic nitrogens is 3. The first kappa shape index (κ1) is 21.4. The van der Waals surface area contributed by atoms with Crippen molar-refractivity contribution < 1.29 is 9.13 Å². The first-order chi connectivity index (χ1) is 16.0. The maximum atomic E-state index is 14.7. The lowest BCUT2D eigenvalue weighted by atomic mass is 10.0. The fourth-order valence-electron chi connectivity index (χ4n) is 4.10. The van der Waals surface area contributed by atoms with Crippen molar-refractivity contribution in [1.29, 1.82) is 5.26 Å². The molecule has 0 unspecified atom stereocenters. The molecule has 2 aromatic heterocycles. The molecule has 3 heterocycles. The highest BCUT2D eigenvalue weighted by atomic mass is 35.5. The zero-order chi connectivity index (χ0) is 22.9. The monoisotopic (exact) mass is 465 g/mol. The Bertz CT molecular complexity index is 1280. The molecule has 1 aliphatic carbocycles. The highest BCUT2D eigenvalue weighted by Crippen LogP contribution is 2.40. The SMILES string of the molecule is N#Cc1ccc(-c2c(OC3CCN(c4ncc(C5CC5)cn4)CC3)c(Cl)c[nH]c2=O)c(F)c1. The highest BCUT2D eigenvalue weighted by molar-refractivity contribution is 6.32. The van der Waals surface area contributed by atoms with E-state index in [9.17, 15) is 9.18 Å². The molecule has 7 nitrogen and oxygen atoms in total. The molecule has 0 bridgehead atoms. The van der Waals surface area contributed by atoms with Crippen LogP contribution in [0, 0.1) is 17.1 Å². The van der Waals surface area contributed by atoms with Crippen molar-refractivity contribution in [2.45, 2.75) is 37.7 Å². The Morgan fingerprint density at radius 2 is 1.91 bits per heavy atom. The van der Waals surface area contributed by atoms with Gasteiger partial charge in [-0.1, -0.05) is 11.6 Å². The zero-order valence-corrected chi connectivity index (χ0v) is 18.5. The van der Waals surface area contributed by atoms with Crippen molar-refractivity contribution in [2.24, 2.45) is 0 Å². The molecule has 2 aliphatic rings. The summed E-state index contributed by atoms with van der Waals surface area (Å²) in [5.41, 5.74) is 0.903. The maximum Gasteiger partial charge on any atom is 0.259 e. The molecule has 33 heavy (non-hydrogen) atoms. The summed E-state index contributed by atoms with van der Waals surface area (Å²) in [5.74, 6) is 0.778. The van der Waals surface area contributed by atoms with E-state index in [4.69, 9.17) is 21.6 Å². The van der Waals surface area contributed by atoms with Crippen molar-refractivity contribution in [3.63, 3.8) is 0 Å². The van der Waals surface area contributed by atoms with Gasteiger partial charge in [-0.15, -0.1) is 0 Å². The number of aromatic amines is 1. The molecule has 1 saturated carbocycles. The number of nitrogens with zero attached hydrogens (tertiary/aromatic N) is 4.